The number of nitrogens with one attached hydrogen (secondary N) is 2. The summed E-state index contributed by atoms with van der Waals surface area (Å²) in [7, 11) is 1.68. The first-order valence-corrected chi connectivity index (χ1v) is 11.5. The van der Waals surface area contributed by atoms with Crippen LogP contribution >= 0.6 is 0 Å². The fraction of sp³-hybridized carbons (Fsp3) is 0.280. The maximum atomic E-state index is 12.8. The Balaban J connectivity index is 1.27. The first kappa shape index (κ1) is 21.5. The number of nitrogens with zero attached hydrogens (tertiary/aromatic N) is 5. The van der Waals surface area contributed by atoms with Crippen LogP contribution in [0.4, 0.5) is 17.2 Å². The van der Waals surface area contributed by atoms with Crippen LogP contribution in [0.5, 0.6) is 0 Å². The zero-order valence-electron chi connectivity index (χ0n) is 19.3. The second-order valence-corrected chi connectivity index (χ2v) is 8.57. The van der Waals surface area contributed by atoms with Crippen LogP contribution in [0.15, 0.2) is 55.2 Å². The number of carbonyl (C=O) groups is 1. The zero-order valence-corrected chi connectivity index (χ0v) is 19.3. The van der Waals surface area contributed by atoms with Crippen molar-refractivity contribution in [1.82, 2.24) is 24.7 Å². The molecule has 1 unspecified atom stereocenters. The number of anilines is 3. The Morgan fingerprint density at radius 3 is 3.00 bits per heavy atom. The van der Waals surface area contributed by atoms with Gasteiger partial charge in [-0.05, 0) is 23.8 Å². The van der Waals surface area contributed by atoms with Crippen molar-refractivity contribution >= 4 is 28.7 Å². The fourth-order valence-corrected chi connectivity index (χ4v) is 4.76. The quantitative estimate of drug-likeness (QED) is 0.442. The van der Waals surface area contributed by atoms with Crippen molar-refractivity contribution in [2.24, 2.45) is 0 Å². The number of benzene rings is 1. The van der Waals surface area contributed by atoms with Crippen molar-refractivity contribution in [3.05, 3.63) is 66.4 Å². The van der Waals surface area contributed by atoms with Gasteiger partial charge in [-0.1, -0.05) is 6.07 Å². The molecule has 2 aliphatic rings. The lowest BCUT2D eigenvalue weighted by Crippen LogP contribution is -2.44. The summed E-state index contributed by atoms with van der Waals surface area (Å²) in [5, 5.41) is 6.29. The van der Waals surface area contributed by atoms with Crippen LogP contribution in [0.1, 0.15) is 15.9 Å². The number of amides is 1. The van der Waals surface area contributed by atoms with Crippen molar-refractivity contribution in [3.63, 3.8) is 0 Å². The van der Waals surface area contributed by atoms with Gasteiger partial charge in [-0.15, -0.1) is 0 Å². The monoisotopic (exact) mass is 471 g/mol. The van der Waals surface area contributed by atoms with Gasteiger partial charge in [0.2, 0.25) is 0 Å². The number of pyridine rings is 1. The minimum absolute atomic E-state index is 0.0512. The molecule has 5 heterocycles. The van der Waals surface area contributed by atoms with Crippen LogP contribution in [-0.2, 0) is 16.0 Å². The molecule has 0 radical (unpaired) electrons. The molecule has 2 N–H and O–H groups in total. The molecule has 0 bridgehead atoms. The first-order chi connectivity index (χ1) is 17.2. The predicted octanol–water partition coefficient (Wildman–Crippen LogP) is 2.63. The van der Waals surface area contributed by atoms with Crippen molar-refractivity contribution < 1.29 is 14.3 Å². The Hall–Kier alpha value is -4.02. The van der Waals surface area contributed by atoms with Gasteiger partial charge < -0.3 is 25.0 Å². The highest BCUT2D eigenvalue weighted by Crippen LogP contribution is 2.35. The highest BCUT2D eigenvalue weighted by atomic mass is 16.5. The van der Waals surface area contributed by atoms with E-state index < -0.39 is 0 Å². The molecule has 0 spiro atoms. The molecule has 3 aromatic heterocycles. The molecule has 1 saturated heterocycles. The molecule has 6 rings (SSSR count). The molecule has 1 aromatic carbocycles. The van der Waals surface area contributed by atoms with Crippen molar-refractivity contribution in [2.45, 2.75) is 12.6 Å². The SMILES string of the molecule is COCC1CN(c2ccc(Nc3ccc(-c4cnc5cnccn45)c4c3C(=O)NC4)nc2)CCO1. The molecule has 35 heavy (non-hydrogen) atoms. The summed E-state index contributed by atoms with van der Waals surface area (Å²) in [5.41, 5.74) is 5.96. The van der Waals surface area contributed by atoms with Gasteiger partial charge in [0.25, 0.3) is 5.91 Å². The van der Waals surface area contributed by atoms with E-state index in [9.17, 15) is 4.79 Å². The second-order valence-electron chi connectivity index (χ2n) is 8.57. The van der Waals surface area contributed by atoms with Crippen molar-refractivity contribution in [3.8, 4) is 11.3 Å². The van der Waals surface area contributed by atoms with Gasteiger partial charge >= 0.3 is 0 Å². The molecular formula is C25H25N7O3. The summed E-state index contributed by atoms with van der Waals surface area (Å²) in [6.45, 7) is 3.26. The van der Waals surface area contributed by atoms with Crippen molar-refractivity contribution in [2.75, 3.05) is 43.6 Å². The number of methoxy groups -OCH3 is 1. The zero-order chi connectivity index (χ0) is 23.8. The van der Waals surface area contributed by atoms with Gasteiger partial charge in [0.1, 0.15) is 5.82 Å². The van der Waals surface area contributed by atoms with Crippen LogP contribution in [-0.4, -0.2) is 64.8 Å². The molecular weight excluding hydrogens is 446 g/mol. The summed E-state index contributed by atoms with van der Waals surface area (Å²) in [5.74, 6) is 0.569. The second kappa shape index (κ2) is 8.97. The molecule has 0 aliphatic carbocycles. The molecule has 1 amide bonds. The van der Waals surface area contributed by atoms with E-state index in [-0.39, 0.29) is 12.0 Å². The number of hydrogen-bond donors (Lipinski definition) is 2. The predicted molar refractivity (Wildman–Crippen MR) is 131 cm³/mol. The summed E-state index contributed by atoms with van der Waals surface area (Å²) < 4.78 is 12.9. The molecule has 10 heteroatoms. The number of imidazole rings is 1. The van der Waals surface area contributed by atoms with Crippen LogP contribution < -0.4 is 15.5 Å². The van der Waals surface area contributed by atoms with Gasteiger partial charge in [0.15, 0.2) is 5.65 Å². The standard InChI is InChI=1S/C25H25N7O3/c1-34-15-17-14-31(8-9-35-17)16-2-5-22(27-10-16)30-20-4-3-18(19-11-29-25(33)24(19)20)21-12-28-23-13-26-6-7-32(21)23/h2-7,10,12-13,17H,8-9,11,14-15H2,1H3,(H,27,30)(H,29,33). The average Bonchev–Trinajstić information content (AvgIpc) is 3.50. The molecule has 1 fully saturated rings. The maximum absolute atomic E-state index is 12.8. The van der Waals surface area contributed by atoms with Gasteiger partial charge in [0.05, 0.1) is 60.5 Å². The van der Waals surface area contributed by atoms with Crippen molar-refractivity contribution in [1.29, 1.82) is 0 Å². The lowest BCUT2D eigenvalue weighted by atomic mass is 9.99. The molecule has 10 nitrogen and oxygen atoms in total. The Kier molecular flexibility index (Phi) is 5.51. The van der Waals surface area contributed by atoms with Gasteiger partial charge in [-0.25, -0.2) is 9.97 Å². The number of rotatable bonds is 6. The molecule has 1 atom stereocenters. The van der Waals surface area contributed by atoms with E-state index in [2.05, 4.69) is 30.5 Å². The van der Waals surface area contributed by atoms with Crippen LogP contribution in [0, 0.1) is 0 Å². The lowest BCUT2D eigenvalue weighted by Gasteiger charge is -2.34. The third-order valence-electron chi connectivity index (χ3n) is 6.43. The first-order valence-electron chi connectivity index (χ1n) is 11.5. The number of hydrogen-bond acceptors (Lipinski definition) is 8. The van der Waals surface area contributed by atoms with E-state index in [0.717, 1.165) is 46.9 Å². The Labute approximate surface area is 201 Å². The number of carbonyl (C=O) groups excluding carboxylic acids is 1. The molecule has 4 aromatic rings. The lowest BCUT2D eigenvalue weighted by molar-refractivity contribution is -0.0100. The molecule has 178 valence electrons. The minimum atomic E-state index is -0.103. The number of fused-ring (bicyclic) bond motifs is 2. The maximum Gasteiger partial charge on any atom is 0.254 e. The van der Waals surface area contributed by atoms with E-state index in [1.165, 1.54) is 0 Å². The smallest absolute Gasteiger partial charge is 0.254 e. The highest BCUT2D eigenvalue weighted by Gasteiger charge is 2.27. The largest absolute Gasteiger partial charge is 0.382 e. The van der Waals surface area contributed by atoms with E-state index in [1.807, 2.05) is 47.3 Å². The number of aromatic nitrogens is 4. The van der Waals surface area contributed by atoms with Gasteiger partial charge in [-0.3, -0.25) is 14.2 Å². The molecule has 0 saturated carbocycles. The summed E-state index contributed by atoms with van der Waals surface area (Å²) in [6.07, 6.45) is 9.02. The fourth-order valence-electron chi connectivity index (χ4n) is 4.76. The van der Waals surface area contributed by atoms with Crippen LogP contribution in [0.3, 0.4) is 0 Å². The van der Waals surface area contributed by atoms with E-state index in [1.54, 1.807) is 19.5 Å². The van der Waals surface area contributed by atoms with Crippen LogP contribution in [0.25, 0.3) is 16.9 Å². The average molecular weight is 472 g/mol. The van der Waals surface area contributed by atoms with Crippen LogP contribution in [0.2, 0.25) is 0 Å². The van der Waals surface area contributed by atoms with E-state index >= 15 is 0 Å². The van der Waals surface area contributed by atoms with Gasteiger partial charge in [0, 0.05) is 44.7 Å². The molecule has 2 aliphatic heterocycles. The third-order valence-corrected chi connectivity index (χ3v) is 6.43. The highest BCUT2D eigenvalue weighted by molar-refractivity contribution is 6.06. The summed E-state index contributed by atoms with van der Waals surface area (Å²) in [6, 6.07) is 7.91. The Bertz CT molecular complexity index is 1380. The Morgan fingerprint density at radius 2 is 2.14 bits per heavy atom. The van der Waals surface area contributed by atoms with E-state index in [0.29, 0.717) is 31.1 Å². The minimum Gasteiger partial charge on any atom is -0.382 e. The normalized spacial score (nSPS) is 17.5. The van der Waals surface area contributed by atoms with E-state index in [4.69, 9.17) is 9.47 Å². The summed E-state index contributed by atoms with van der Waals surface area (Å²) in [4.78, 5) is 28.2. The third kappa shape index (κ3) is 3.96. The number of morpholine rings is 1. The number of ether oxygens (including phenoxy) is 2. The topological polar surface area (TPSA) is 106 Å². The summed E-state index contributed by atoms with van der Waals surface area (Å²) >= 11 is 0. The van der Waals surface area contributed by atoms with Gasteiger partial charge in [-0.2, -0.15) is 0 Å². The Morgan fingerprint density at radius 1 is 1.20 bits per heavy atom.